The minimum absolute atomic E-state index is 0.257. The minimum Gasteiger partial charge on any atom is -0.444 e. The Hall–Kier alpha value is -3.02. The molecule has 0 radical (unpaired) electrons. The minimum atomic E-state index is -0.544. The van der Waals surface area contributed by atoms with Gasteiger partial charge >= 0.3 is 6.09 Å². The summed E-state index contributed by atoms with van der Waals surface area (Å²) >= 11 is 0. The summed E-state index contributed by atoms with van der Waals surface area (Å²) < 4.78 is 7.36. The molecule has 0 aliphatic carbocycles. The van der Waals surface area contributed by atoms with Gasteiger partial charge in [-0.3, -0.25) is 4.57 Å². The van der Waals surface area contributed by atoms with E-state index in [4.69, 9.17) is 10.5 Å². The lowest BCUT2D eigenvalue weighted by Gasteiger charge is -2.20. The summed E-state index contributed by atoms with van der Waals surface area (Å²) in [4.78, 5) is 16.7. The Morgan fingerprint density at radius 3 is 2.65 bits per heavy atom. The fourth-order valence-corrected chi connectivity index (χ4v) is 2.86. The summed E-state index contributed by atoms with van der Waals surface area (Å²) in [6, 6.07) is 13.6. The molecule has 0 saturated carbocycles. The number of fused-ring (bicyclic) bond motifs is 1. The van der Waals surface area contributed by atoms with Crippen LogP contribution in [0, 0.1) is 6.92 Å². The van der Waals surface area contributed by atoms with E-state index in [1.165, 1.54) is 0 Å². The number of rotatable bonds is 3. The van der Waals surface area contributed by atoms with Gasteiger partial charge in [0.05, 0.1) is 23.3 Å². The van der Waals surface area contributed by atoms with Crippen molar-refractivity contribution < 1.29 is 9.53 Å². The molecule has 6 heteroatoms. The average Bonchev–Trinajstić information content (AvgIpc) is 2.90. The first kappa shape index (κ1) is 17.8. The quantitative estimate of drug-likeness (QED) is 0.700. The van der Waals surface area contributed by atoms with Gasteiger partial charge in [0.2, 0.25) is 0 Å². The second-order valence-electron chi connectivity index (χ2n) is 7.25. The van der Waals surface area contributed by atoms with Gasteiger partial charge < -0.3 is 15.8 Å². The van der Waals surface area contributed by atoms with Gasteiger partial charge in [-0.1, -0.05) is 12.1 Å². The largest absolute Gasteiger partial charge is 0.444 e. The van der Waals surface area contributed by atoms with Crippen LogP contribution < -0.4 is 11.1 Å². The molecule has 2 aromatic carbocycles. The van der Waals surface area contributed by atoms with Gasteiger partial charge in [-0.15, -0.1) is 0 Å². The molecule has 0 unspecified atom stereocenters. The number of carbonyl (C=O) groups excluding carboxylic acids is 1. The summed E-state index contributed by atoms with van der Waals surface area (Å²) in [6.07, 6.45) is -0.467. The highest BCUT2D eigenvalue weighted by atomic mass is 16.6. The average molecular weight is 352 g/mol. The Morgan fingerprint density at radius 2 is 1.96 bits per heavy atom. The van der Waals surface area contributed by atoms with Crippen LogP contribution in [-0.2, 0) is 11.3 Å². The van der Waals surface area contributed by atoms with Gasteiger partial charge in [-0.2, -0.15) is 0 Å². The third-order valence-electron chi connectivity index (χ3n) is 3.88. The second-order valence-corrected chi connectivity index (χ2v) is 7.25. The van der Waals surface area contributed by atoms with Crippen LogP contribution in [0.4, 0.5) is 10.5 Å². The Kier molecular flexibility index (Phi) is 4.59. The zero-order valence-corrected chi connectivity index (χ0v) is 15.5. The van der Waals surface area contributed by atoms with Crippen molar-refractivity contribution in [1.29, 1.82) is 0 Å². The van der Waals surface area contributed by atoms with Crippen LogP contribution in [0.5, 0.6) is 0 Å². The normalized spacial score (nSPS) is 11.5. The Labute approximate surface area is 153 Å². The molecular weight excluding hydrogens is 328 g/mol. The third kappa shape index (κ3) is 3.79. The number of hydrogen-bond donors (Lipinski definition) is 2. The van der Waals surface area contributed by atoms with E-state index in [2.05, 4.69) is 10.3 Å². The summed E-state index contributed by atoms with van der Waals surface area (Å²) in [5, 5.41) is 2.79. The number of nitrogens with zero attached hydrogens (tertiary/aromatic N) is 2. The van der Waals surface area contributed by atoms with Gasteiger partial charge in [0.1, 0.15) is 11.4 Å². The van der Waals surface area contributed by atoms with Gasteiger partial charge in [0.15, 0.2) is 0 Å². The maximum absolute atomic E-state index is 12.0. The van der Waals surface area contributed by atoms with Crippen molar-refractivity contribution >= 4 is 22.8 Å². The monoisotopic (exact) mass is 352 g/mol. The standard InChI is InChI=1S/C20H24N4O2/c1-13-11-14(21)9-10-16(13)24-17-8-6-5-7-15(17)23-18(24)12-22-19(25)26-20(2,3)4/h5-11H,12,21H2,1-4H3,(H,22,25). The molecule has 3 aromatic rings. The molecule has 0 spiro atoms. The van der Waals surface area contributed by atoms with Crippen molar-refractivity contribution in [2.75, 3.05) is 5.73 Å². The van der Waals surface area contributed by atoms with Gasteiger partial charge in [-0.05, 0) is 63.6 Å². The summed E-state index contributed by atoms with van der Waals surface area (Å²) in [7, 11) is 0. The molecule has 0 atom stereocenters. The molecule has 0 aliphatic heterocycles. The van der Waals surface area contributed by atoms with Crippen molar-refractivity contribution in [3.8, 4) is 5.69 Å². The molecule has 26 heavy (non-hydrogen) atoms. The number of nitrogens with two attached hydrogens (primary N) is 1. The molecule has 0 bridgehead atoms. The van der Waals surface area contributed by atoms with Gasteiger partial charge in [0.25, 0.3) is 0 Å². The lowest BCUT2D eigenvalue weighted by molar-refractivity contribution is 0.0522. The molecule has 3 rings (SSSR count). The molecule has 1 aromatic heterocycles. The maximum Gasteiger partial charge on any atom is 0.408 e. The SMILES string of the molecule is Cc1cc(N)ccc1-n1c(CNC(=O)OC(C)(C)C)nc2ccccc21. The molecule has 1 heterocycles. The van der Waals surface area contributed by atoms with E-state index in [1.54, 1.807) is 0 Å². The number of aryl methyl sites for hydroxylation is 1. The molecule has 136 valence electrons. The third-order valence-corrected chi connectivity index (χ3v) is 3.88. The van der Waals surface area contributed by atoms with E-state index in [1.807, 2.05) is 74.7 Å². The van der Waals surface area contributed by atoms with Crippen molar-refractivity contribution in [3.63, 3.8) is 0 Å². The number of benzene rings is 2. The van der Waals surface area contributed by atoms with Crippen LogP contribution in [0.15, 0.2) is 42.5 Å². The van der Waals surface area contributed by atoms with Crippen LogP contribution in [0.2, 0.25) is 0 Å². The number of hydrogen-bond acceptors (Lipinski definition) is 4. The number of nitrogens with one attached hydrogen (secondary N) is 1. The van der Waals surface area contributed by atoms with Crippen LogP contribution in [0.1, 0.15) is 32.2 Å². The van der Waals surface area contributed by atoms with Gasteiger partial charge in [-0.25, -0.2) is 9.78 Å². The summed E-state index contributed by atoms with van der Waals surface area (Å²) in [5.41, 5.74) is 9.91. The molecule has 1 amide bonds. The van der Waals surface area contributed by atoms with Crippen molar-refractivity contribution in [2.24, 2.45) is 0 Å². The van der Waals surface area contributed by atoms with Crippen LogP contribution in [0.25, 0.3) is 16.7 Å². The highest BCUT2D eigenvalue weighted by molar-refractivity contribution is 5.79. The van der Waals surface area contributed by atoms with E-state index in [0.717, 1.165) is 28.1 Å². The number of para-hydroxylation sites is 2. The smallest absolute Gasteiger partial charge is 0.408 e. The van der Waals surface area contributed by atoms with E-state index in [-0.39, 0.29) is 6.54 Å². The number of nitrogen functional groups attached to an aromatic ring is 1. The lowest BCUT2D eigenvalue weighted by atomic mass is 10.1. The predicted molar refractivity (Wildman–Crippen MR) is 103 cm³/mol. The number of anilines is 1. The van der Waals surface area contributed by atoms with E-state index in [0.29, 0.717) is 5.69 Å². The second kappa shape index (κ2) is 6.71. The molecule has 6 nitrogen and oxygen atoms in total. The number of carbonyl (C=O) groups is 1. The first-order chi connectivity index (χ1) is 12.2. The molecule has 0 fully saturated rings. The zero-order valence-electron chi connectivity index (χ0n) is 15.5. The topological polar surface area (TPSA) is 82.2 Å². The van der Waals surface area contributed by atoms with Crippen molar-refractivity contribution in [3.05, 3.63) is 53.9 Å². The van der Waals surface area contributed by atoms with Crippen molar-refractivity contribution in [2.45, 2.75) is 39.8 Å². The zero-order chi connectivity index (χ0) is 18.9. The predicted octanol–water partition coefficient (Wildman–Crippen LogP) is 3.94. The Bertz CT molecular complexity index is 954. The Morgan fingerprint density at radius 1 is 1.23 bits per heavy atom. The number of alkyl carbamates (subject to hydrolysis) is 1. The fourth-order valence-electron chi connectivity index (χ4n) is 2.86. The molecule has 0 aliphatic rings. The van der Waals surface area contributed by atoms with E-state index >= 15 is 0 Å². The van der Waals surface area contributed by atoms with E-state index < -0.39 is 11.7 Å². The fraction of sp³-hybridized carbons (Fsp3) is 0.300. The van der Waals surface area contributed by atoms with E-state index in [9.17, 15) is 4.79 Å². The highest BCUT2D eigenvalue weighted by Gasteiger charge is 2.18. The number of ether oxygens (including phenoxy) is 1. The summed E-state index contributed by atoms with van der Waals surface area (Å²) in [6.45, 7) is 7.76. The lowest BCUT2D eigenvalue weighted by Crippen LogP contribution is -2.32. The molecule has 0 saturated heterocycles. The first-order valence-corrected chi connectivity index (χ1v) is 8.54. The number of imidazole rings is 1. The Balaban J connectivity index is 1.99. The maximum atomic E-state index is 12.0. The number of amides is 1. The van der Waals surface area contributed by atoms with Crippen LogP contribution in [-0.4, -0.2) is 21.2 Å². The molecular formula is C20H24N4O2. The van der Waals surface area contributed by atoms with Crippen LogP contribution in [0.3, 0.4) is 0 Å². The first-order valence-electron chi connectivity index (χ1n) is 8.54. The van der Waals surface area contributed by atoms with Crippen LogP contribution >= 0.6 is 0 Å². The van der Waals surface area contributed by atoms with Gasteiger partial charge in [0, 0.05) is 5.69 Å². The number of aromatic nitrogens is 2. The summed E-state index contributed by atoms with van der Waals surface area (Å²) in [5.74, 6) is 0.727. The van der Waals surface area contributed by atoms with Crippen molar-refractivity contribution in [1.82, 2.24) is 14.9 Å². The molecule has 3 N–H and O–H groups in total. The highest BCUT2D eigenvalue weighted by Crippen LogP contribution is 2.25.